The zero-order valence-electron chi connectivity index (χ0n) is 11.4. The van der Waals surface area contributed by atoms with E-state index < -0.39 is 4.92 Å². The number of aromatic nitrogens is 1. The van der Waals surface area contributed by atoms with Crippen LogP contribution in [0.3, 0.4) is 0 Å². The van der Waals surface area contributed by atoms with Gasteiger partial charge >= 0.3 is 0 Å². The van der Waals surface area contributed by atoms with Crippen molar-refractivity contribution in [3.05, 3.63) is 55.5 Å². The molecule has 8 heteroatoms. The van der Waals surface area contributed by atoms with Crippen LogP contribution in [-0.4, -0.2) is 22.0 Å². The Labute approximate surface area is 124 Å². The van der Waals surface area contributed by atoms with Gasteiger partial charge in [-0.3, -0.25) is 14.9 Å². The molecule has 1 aromatic carbocycles. The number of nitrogens with one attached hydrogen (secondary N) is 1. The van der Waals surface area contributed by atoms with Crippen LogP contribution in [0.5, 0.6) is 0 Å². The topological polar surface area (TPSA) is 97.5 Å². The predicted molar refractivity (Wildman–Crippen MR) is 79.7 cm³/mol. The molecule has 0 aliphatic carbocycles. The zero-order valence-corrected chi connectivity index (χ0v) is 12.2. The molecule has 7 nitrogen and oxygen atoms in total. The summed E-state index contributed by atoms with van der Waals surface area (Å²) >= 11 is 1.29. The van der Waals surface area contributed by atoms with Crippen molar-refractivity contribution in [3.63, 3.8) is 0 Å². The van der Waals surface area contributed by atoms with Gasteiger partial charge in [0.25, 0.3) is 11.6 Å². The number of carbonyl (C=O) groups excluding carboxylic acids is 1. The number of nitro benzene ring substituents is 1. The maximum atomic E-state index is 11.9. The van der Waals surface area contributed by atoms with E-state index in [0.717, 1.165) is 5.01 Å². The van der Waals surface area contributed by atoms with E-state index in [9.17, 15) is 14.9 Å². The molecular formula is C13H12N4O3S. The molecule has 1 aromatic heterocycles. The number of aryl methyl sites for hydroxylation is 2. The van der Waals surface area contributed by atoms with E-state index in [1.54, 1.807) is 19.1 Å². The maximum Gasteiger partial charge on any atom is 0.283 e. The van der Waals surface area contributed by atoms with Crippen LogP contribution >= 0.6 is 11.3 Å². The summed E-state index contributed by atoms with van der Waals surface area (Å²) in [6, 6.07) is 5.97. The first-order valence-corrected chi connectivity index (χ1v) is 6.81. The lowest BCUT2D eigenvalue weighted by atomic mass is 10.2. The van der Waals surface area contributed by atoms with Crippen molar-refractivity contribution in [2.75, 3.05) is 0 Å². The van der Waals surface area contributed by atoms with Crippen molar-refractivity contribution in [2.45, 2.75) is 13.8 Å². The molecule has 0 aliphatic rings. The molecule has 2 aromatic rings. The van der Waals surface area contributed by atoms with Crippen molar-refractivity contribution in [2.24, 2.45) is 5.10 Å². The number of hydrogen-bond acceptors (Lipinski definition) is 6. The van der Waals surface area contributed by atoms with Crippen molar-refractivity contribution < 1.29 is 9.72 Å². The summed E-state index contributed by atoms with van der Waals surface area (Å²) in [6.45, 7) is 3.57. The number of non-ortho nitro benzene ring substituents is 1. The predicted octanol–water partition coefficient (Wildman–Crippen LogP) is 2.43. The number of nitrogens with zero attached hydrogens (tertiary/aromatic N) is 3. The fraction of sp³-hybridized carbons (Fsp3) is 0.154. The van der Waals surface area contributed by atoms with E-state index in [2.05, 4.69) is 15.5 Å². The minimum absolute atomic E-state index is 0.0285. The number of amides is 1. The molecule has 0 atom stereocenters. The van der Waals surface area contributed by atoms with E-state index in [0.29, 0.717) is 16.1 Å². The van der Waals surface area contributed by atoms with Gasteiger partial charge in [0.15, 0.2) is 0 Å². The summed E-state index contributed by atoms with van der Waals surface area (Å²) < 4.78 is 0. The van der Waals surface area contributed by atoms with Gasteiger partial charge in [-0.1, -0.05) is 12.1 Å². The standard InChI is InChI=1S/C13H12N4O3S/c1-8-12(21-9(2)15-8)13(18)16-14-7-10-4-3-5-11(6-10)17(19)20/h3-7H,1-2H3,(H,16,18)/b14-7+. The van der Waals surface area contributed by atoms with Crippen LogP contribution < -0.4 is 5.43 Å². The second-order valence-electron chi connectivity index (χ2n) is 4.20. The molecule has 21 heavy (non-hydrogen) atoms. The summed E-state index contributed by atoms with van der Waals surface area (Å²) in [5.41, 5.74) is 3.54. The van der Waals surface area contributed by atoms with Crippen LogP contribution in [0, 0.1) is 24.0 Å². The van der Waals surface area contributed by atoms with Gasteiger partial charge in [-0.2, -0.15) is 5.10 Å². The number of carbonyl (C=O) groups is 1. The molecule has 0 radical (unpaired) electrons. The molecule has 0 saturated heterocycles. The maximum absolute atomic E-state index is 11.9. The summed E-state index contributed by atoms with van der Waals surface area (Å²) in [4.78, 5) is 26.7. The first kappa shape index (κ1) is 14.8. The minimum Gasteiger partial charge on any atom is -0.266 e. The first-order valence-electron chi connectivity index (χ1n) is 5.99. The average molecular weight is 304 g/mol. The molecule has 0 unspecified atom stereocenters. The normalized spacial score (nSPS) is 10.8. The van der Waals surface area contributed by atoms with Gasteiger partial charge in [0.1, 0.15) is 4.88 Å². The van der Waals surface area contributed by atoms with Crippen molar-refractivity contribution >= 4 is 29.1 Å². The largest absolute Gasteiger partial charge is 0.283 e. The number of thiazole rings is 1. The molecule has 1 heterocycles. The molecule has 108 valence electrons. The molecular weight excluding hydrogens is 292 g/mol. The van der Waals surface area contributed by atoms with Crippen molar-refractivity contribution in [1.29, 1.82) is 0 Å². The highest BCUT2D eigenvalue weighted by atomic mass is 32.1. The quantitative estimate of drug-likeness (QED) is 0.533. The van der Waals surface area contributed by atoms with E-state index in [-0.39, 0.29) is 11.6 Å². The summed E-state index contributed by atoms with van der Waals surface area (Å²) in [5, 5.41) is 15.3. The van der Waals surface area contributed by atoms with Gasteiger partial charge in [0, 0.05) is 17.7 Å². The van der Waals surface area contributed by atoms with Crippen molar-refractivity contribution in [1.82, 2.24) is 10.4 Å². The number of hydrogen-bond donors (Lipinski definition) is 1. The van der Waals surface area contributed by atoms with Crippen LogP contribution in [0.4, 0.5) is 5.69 Å². The van der Waals surface area contributed by atoms with Gasteiger partial charge in [0.05, 0.1) is 21.8 Å². The van der Waals surface area contributed by atoms with Gasteiger partial charge in [0.2, 0.25) is 0 Å². The Kier molecular flexibility index (Phi) is 4.39. The molecule has 0 bridgehead atoms. The molecule has 0 aliphatic heterocycles. The average Bonchev–Trinajstić information content (AvgIpc) is 2.78. The van der Waals surface area contributed by atoms with Gasteiger partial charge in [-0.25, -0.2) is 10.4 Å². The Morgan fingerprint density at radius 1 is 1.48 bits per heavy atom. The Hall–Kier alpha value is -2.61. The zero-order chi connectivity index (χ0) is 15.4. The van der Waals surface area contributed by atoms with E-state index in [4.69, 9.17) is 0 Å². The number of nitro groups is 1. The highest BCUT2D eigenvalue weighted by molar-refractivity contribution is 7.13. The van der Waals surface area contributed by atoms with Gasteiger partial charge in [-0.05, 0) is 13.8 Å². The minimum atomic E-state index is -0.487. The van der Waals surface area contributed by atoms with E-state index in [1.165, 1.54) is 29.7 Å². The van der Waals surface area contributed by atoms with E-state index >= 15 is 0 Å². The van der Waals surface area contributed by atoms with Crippen molar-refractivity contribution in [3.8, 4) is 0 Å². The van der Waals surface area contributed by atoms with Gasteiger partial charge < -0.3 is 0 Å². The van der Waals surface area contributed by atoms with E-state index in [1.807, 2.05) is 6.92 Å². The third kappa shape index (κ3) is 3.69. The second-order valence-corrected chi connectivity index (χ2v) is 5.40. The molecule has 2 rings (SSSR count). The second kappa shape index (κ2) is 6.23. The highest BCUT2D eigenvalue weighted by Gasteiger charge is 2.12. The summed E-state index contributed by atoms with van der Waals surface area (Å²) in [7, 11) is 0. The monoisotopic (exact) mass is 304 g/mol. The summed E-state index contributed by atoms with van der Waals surface area (Å²) in [6.07, 6.45) is 1.36. The van der Waals surface area contributed by atoms with Crippen LogP contribution in [0.2, 0.25) is 0 Å². The number of hydrazone groups is 1. The molecule has 0 fully saturated rings. The third-order valence-corrected chi connectivity index (χ3v) is 3.64. The number of rotatable bonds is 4. The van der Waals surface area contributed by atoms with Gasteiger partial charge in [-0.15, -0.1) is 11.3 Å². The van der Waals surface area contributed by atoms with Crippen LogP contribution in [0.25, 0.3) is 0 Å². The Bertz CT molecular complexity index is 724. The SMILES string of the molecule is Cc1nc(C)c(C(=O)N/N=C/c2cccc([N+](=O)[O-])c2)s1. The fourth-order valence-corrected chi connectivity index (χ4v) is 2.49. The van der Waals surface area contributed by atoms with Crippen LogP contribution in [-0.2, 0) is 0 Å². The first-order chi connectivity index (χ1) is 9.97. The molecule has 0 saturated carbocycles. The molecule has 1 amide bonds. The molecule has 1 N–H and O–H groups in total. The van der Waals surface area contributed by atoms with Crippen LogP contribution in [0.1, 0.15) is 25.9 Å². The smallest absolute Gasteiger partial charge is 0.266 e. The Balaban J connectivity index is 2.05. The van der Waals surface area contributed by atoms with Crippen LogP contribution in [0.15, 0.2) is 29.4 Å². The molecule has 0 spiro atoms. The number of benzene rings is 1. The lowest BCUT2D eigenvalue weighted by Gasteiger charge is -1.97. The third-order valence-electron chi connectivity index (χ3n) is 2.57. The lowest BCUT2D eigenvalue weighted by molar-refractivity contribution is -0.384. The fourth-order valence-electron chi connectivity index (χ4n) is 1.68. The highest BCUT2D eigenvalue weighted by Crippen LogP contribution is 2.16. The lowest BCUT2D eigenvalue weighted by Crippen LogP contribution is -2.17. The Morgan fingerprint density at radius 3 is 2.86 bits per heavy atom. The summed E-state index contributed by atoms with van der Waals surface area (Å²) in [5.74, 6) is -0.347. The Morgan fingerprint density at radius 2 is 2.24 bits per heavy atom.